The second-order valence-electron chi connectivity index (χ2n) is 6.33. The fourth-order valence-corrected chi connectivity index (χ4v) is 2.60. The highest BCUT2D eigenvalue weighted by Gasteiger charge is 2.47. The average Bonchev–Trinajstić information content (AvgIpc) is 2.94. The summed E-state index contributed by atoms with van der Waals surface area (Å²) in [5.74, 6) is -0.493. The summed E-state index contributed by atoms with van der Waals surface area (Å²) in [6.07, 6.45) is -3.37. The van der Waals surface area contributed by atoms with Gasteiger partial charge in [0, 0.05) is 18.7 Å². The molecule has 0 spiro atoms. The van der Waals surface area contributed by atoms with Crippen LogP contribution in [0.1, 0.15) is 26.5 Å². The maximum Gasteiger partial charge on any atom is 0.394 e. The van der Waals surface area contributed by atoms with Crippen LogP contribution in [0.4, 0.5) is 22.0 Å². The Morgan fingerprint density at radius 2 is 1.83 bits per heavy atom. The van der Waals surface area contributed by atoms with Crippen molar-refractivity contribution in [1.29, 1.82) is 0 Å². The highest BCUT2D eigenvalue weighted by atomic mass is 35.5. The van der Waals surface area contributed by atoms with E-state index in [1.807, 2.05) is 0 Å². The number of aryl methyl sites for hydroxylation is 1. The maximum absolute atomic E-state index is 13.1. The minimum absolute atomic E-state index is 0.0228. The highest BCUT2D eigenvalue weighted by Crippen LogP contribution is 2.41. The minimum atomic E-state index is -4.47. The van der Waals surface area contributed by atoms with E-state index in [4.69, 9.17) is 21.2 Å². The average molecular weight is 442 g/mol. The topological polar surface area (TPSA) is 74.1 Å². The molecule has 0 bridgehead atoms. The van der Waals surface area contributed by atoms with Crippen molar-refractivity contribution in [2.45, 2.75) is 46.5 Å². The zero-order valence-corrected chi connectivity index (χ0v) is 16.3. The molecule has 0 radical (unpaired) electrons. The Labute approximate surface area is 167 Å². The number of rotatable bonds is 6. The predicted molar refractivity (Wildman–Crippen MR) is 91.3 cm³/mol. The van der Waals surface area contributed by atoms with Crippen LogP contribution in [0, 0.1) is 5.41 Å². The molecule has 0 unspecified atom stereocenters. The lowest BCUT2D eigenvalue weighted by Crippen LogP contribution is -2.34. The number of alkyl halides is 5. The number of pyridine rings is 1. The van der Waals surface area contributed by atoms with Gasteiger partial charge in [0.25, 0.3) is 0 Å². The molecule has 0 saturated heterocycles. The molecular weight excluding hydrogens is 425 g/mol. The van der Waals surface area contributed by atoms with E-state index < -0.39 is 30.5 Å². The van der Waals surface area contributed by atoms with Gasteiger partial charge in [-0.15, -0.1) is 0 Å². The van der Waals surface area contributed by atoms with Gasteiger partial charge in [0.05, 0.1) is 27.9 Å². The first-order chi connectivity index (χ1) is 13.4. The molecule has 160 valence electrons. The standard InChI is InChI=1S/C16H17ClF5N3O.CO2/c1-4-25-12(11(17)8-23-25)10-6-5-9(24-13(10)26-14(18)19)7-15(2,3)16(20,21)22;2-1-3/h5-6,8,14H,4,7H2,1-3H3;. The van der Waals surface area contributed by atoms with Crippen molar-refractivity contribution in [1.82, 2.24) is 14.8 Å². The van der Waals surface area contributed by atoms with Gasteiger partial charge in [0.15, 0.2) is 0 Å². The van der Waals surface area contributed by atoms with Crippen molar-refractivity contribution in [3.8, 4) is 17.1 Å². The summed E-state index contributed by atoms with van der Waals surface area (Å²) < 4.78 is 70.7. The van der Waals surface area contributed by atoms with Gasteiger partial charge in [-0.2, -0.15) is 36.6 Å². The molecule has 2 aromatic heterocycles. The fraction of sp³-hybridized carbons (Fsp3) is 0.471. The van der Waals surface area contributed by atoms with Crippen molar-refractivity contribution in [3.63, 3.8) is 0 Å². The van der Waals surface area contributed by atoms with Crippen molar-refractivity contribution >= 4 is 17.8 Å². The lowest BCUT2D eigenvalue weighted by Gasteiger charge is -2.27. The van der Waals surface area contributed by atoms with Crippen molar-refractivity contribution in [2.24, 2.45) is 5.41 Å². The van der Waals surface area contributed by atoms with Crippen molar-refractivity contribution < 1.29 is 36.3 Å². The summed E-state index contributed by atoms with van der Waals surface area (Å²) in [6.45, 7) is 1.01. The van der Waals surface area contributed by atoms with E-state index in [0.29, 0.717) is 12.2 Å². The number of hydrogen-bond acceptors (Lipinski definition) is 5. The number of halogens is 6. The van der Waals surface area contributed by atoms with Gasteiger partial charge < -0.3 is 4.74 Å². The number of hydrogen-bond donors (Lipinski definition) is 0. The highest BCUT2D eigenvalue weighted by molar-refractivity contribution is 6.33. The number of nitrogens with zero attached hydrogens (tertiary/aromatic N) is 3. The molecule has 0 aromatic carbocycles. The Morgan fingerprint density at radius 1 is 1.24 bits per heavy atom. The third-order valence-electron chi connectivity index (χ3n) is 3.86. The smallest absolute Gasteiger partial charge is 0.394 e. The van der Waals surface area contributed by atoms with E-state index in [9.17, 15) is 22.0 Å². The second-order valence-corrected chi connectivity index (χ2v) is 6.74. The molecule has 12 heteroatoms. The fourth-order valence-electron chi connectivity index (χ4n) is 2.35. The normalized spacial score (nSPS) is 11.7. The number of ether oxygens (including phenoxy) is 1. The molecule has 0 aliphatic heterocycles. The van der Waals surface area contributed by atoms with Crippen LogP contribution in [0.25, 0.3) is 11.3 Å². The third kappa shape index (κ3) is 6.23. The molecule has 2 heterocycles. The zero-order valence-electron chi connectivity index (χ0n) is 15.6. The predicted octanol–water partition coefficient (Wildman–Crippen LogP) is 4.77. The van der Waals surface area contributed by atoms with E-state index in [-0.39, 0.29) is 22.4 Å². The van der Waals surface area contributed by atoms with Gasteiger partial charge in [-0.05, 0) is 19.1 Å². The van der Waals surface area contributed by atoms with Gasteiger partial charge >= 0.3 is 18.9 Å². The zero-order chi connectivity index (χ0) is 22.4. The SMILES string of the molecule is CCn1ncc(Cl)c1-c1ccc(CC(C)(C)C(F)(F)F)nc1OC(F)F.O=C=O. The molecule has 6 nitrogen and oxygen atoms in total. The van der Waals surface area contributed by atoms with Crippen LogP contribution >= 0.6 is 11.6 Å². The summed E-state index contributed by atoms with van der Waals surface area (Å²) in [4.78, 5) is 20.1. The van der Waals surface area contributed by atoms with E-state index in [1.54, 1.807) is 6.92 Å². The summed E-state index contributed by atoms with van der Waals surface area (Å²) >= 11 is 6.07. The first-order valence-corrected chi connectivity index (χ1v) is 8.48. The van der Waals surface area contributed by atoms with E-state index >= 15 is 0 Å². The van der Waals surface area contributed by atoms with Crippen LogP contribution in [0.5, 0.6) is 5.88 Å². The van der Waals surface area contributed by atoms with Gasteiger partial charge in [0.2, 0.25) is 5.88 Å². The Bertz CT molecular complexity index is 862. The summed E-state index contributed by atoms with van der Waals surface area (Å²) in [5, 5.41) is 4.20. The molecule has 0 fully saturated rings. The molecule has 29 heavy (non-hydrogen) atoms. The summed E-state index contributed by atoms with van der Waals surface area (Å²) in [5.41, 5.74) is -1.67. The molecule has 0 atom stereocenters. The molecule has 0 saturated carbocycles. The molecule has 0 N–H and O–H groups in total. The van der Waals surface area contributed by atoms with Crippen LogP contribution in [-0.4, -0.2) is 33.7 Å². The molecule has 0 aliphatic carbocycles. The Hall–Kier alpha value is -2.52. The second kappa shape index (κ2) is 9.80. The molecular formula is C17H17ClF5N3O3. The quantitative estimate of drug-likeness (QED) is 0.604. The minimum Gasteiger partial charge on any atom is -0.416 e. The lowest BCUT2D eigenvalue weighted by atomic mass is 9.87. The Morgan fingerprint density at radius 3 is 2.31 bits per heavy atom. The summed E-state index contributed by atoms with van der Waals surface area (Å²) in [6, 6.07) is 2.70. The van der Waals surface area contributed by atoms with Gasteiger partial charge in [0.1, 0.15) is 0 Å². The molecule has 0 amide bonds. The number of carbonyl (C=O) groups excluding carboxylic acids is 2. The maximum atomic E-state index is 13.1. The van der Waals surface area contributed by atoms with Gasteiger partial charge in [-0.25, -0.2) is 4.98 Å². The van der Waals surface area contributed by atoms with E-state index in [0.717, 1.165) is 13.8 Å². The first kappa shape index (κ1) is 24.5. The number of aromatic nitrogens is 3. The third-order valence-corrected chi connectivity index (χ3v) is 4.14. The van der Waals surface area contributed by atoms with Crippen LogP contribution in [0.2, 0.25) is 5.02 Å². The first-order valence-electron chi connectivity index (χ1n) is 8.10. The monoisotopic (exact) mass is 441 g/mol. The Kier molecular flexibility index (Phi) is 8.28. The largest absolute Gasteiger partial charge is 0.416 e. The van der Waals surface area contributed by atoms with E-state index in [2.05, 4.69) is 14.8 Å². The van der Waals surface area contributed by atoms with Gasteiger partial charge in [-0.1, -0.05) is 25.4 Å². The van der Waals surface area contributed by atoms with Crippen LogP contribution in [-0.2, 0) is 22.6 Å². The Balaban J connectivity index is 0.00000132. The lowest BCUT2D eigenvalue weighted by molar-refractivity contribution is -0.211. The van der Waals surface area contributed by atoms with E-state index in [1.165, 1.54) is 23.0 Å². The van der Waals surface area contributed by atoms with Crippen LogP contribution in [0.15, 0.2) is 18.3 Å². The van der Waals surface area contributed by atoms with Gasteiger partial charge in [-0.3, -0.25) is 4.68 Å². The molecule has 2 aromatic rings. The molecule has 0 aliphatic rings. The van der Waals surface area contributed by atoms with Crippen molar-refractivity contribution in [3.05, 3.63) is 29.0 Å². The van der Waals surface area contributed by atoms with Crippen LogP contribution in [0.3, 0.4) is 0 Å². The van der Waals surface area contributed by atoms with Crippen LogP contribution < -0.4 is 4.74 Å². The molecule has 2 rings (SSSR count). The van der Waals surface area contributed by atoms with Crippen molar-refractivity contribution in [2.75, 3.05) is 0 Å². The summed E-state index contributed by atoms with van der Waals surface area (Å²) in [7, 11) is 0.